The molecule has 1 saturated carbocycles. The van der Waals surface area contributed by atoms with E-state index in [0.717, 1.165) is 90.2 Å². The Balaban J connectivity index is 1.29. The summed E-state index contributed by atoms with van der Waals surface area (Å²) >= 11 is 0. The summed E-state index contributed by atoms with van der Waals surface area (Å²) in [6.07, 6.45) is 6.73. The Morgan fingerprint density at radius 2 is 1.85 bits per heavy atom. The Labute approximate surface area is 193 Å². The third-order valence-electron chi connectivity index (χ3n) is 8.53. The van der Waals surface area contributed by atoms with Gasteiger partial charge in [-0.15, -0.1) is 0 Å². The van der Waals surface area contributed by atoms with E-state index in [-0.39, 0.29) is 11.3 Å². The van der Waals surface area contributed by atoms with Gasteiger partial charge in [0.1, 0.15) is 0 Å². The molecule has 1 amide bonds. The molecule has 7 heteroatoms. The van der Waals surface area contributed by atoms with Crippen LogP contribution in [0.3, 0.4) is 0 Å². The zero-order chi connectivity index (χ0) is 22.3. The van der Waals surface area contributed by atoms with E-state index in [1.165, 1.54) is 0 Å². The summed E-state index contributed by atoms with van der Waals surface area (Å²) in [5, 5.41) is 4.56. The van der Waals surface area contributed by atoms with E-state index in [1.54, 1.807) is 4.90 Å². The Morgan fingerprint density at radius 1 is 1.06 bits per heavy atom. The minimum absolute atomic E-state index is 0.212. The number of nitrogen functional groups attached to an aromatic ring is 1. The zero-order valence-corrected chi connectivity index (χ0v) is 18.8. The van der Waals surface area contributed by atoms with Gasteiger partial charge in [0.25, 0.3) is 0 Å². The van der Waals surface area contributed by atoms with Crippen LogP contribution in [0.25, 0.3) is 22.0 Å². The molecule has 0 radical (unpaired) electrons. The Hall–Kier alpha value is -3.19. The average molecular weight is 441 g/mol. The molecule has 3 aliphatic heterocycles. The highest BCUT2D eigenvalue weighted by Crippen LogP contribution is 2.55. The summed E-state index contributed by atoms with van der Waals surface area (Å²) in [7, 11) is 1.87. The van der Waals surface area contributed by atoms with Gasteiger partial charge in [0.2, 0.25) is 5.91 Å². The molecule has 0 bridgehead atoms. The van der Waals surface area contributed by atoms with Crippen LogP contribution in [-0.4, -0.2) is 49.1 Å². The largest absolute Gasteiger partial charge is 0.396 e. The van der Waals surface area contributed by atoms with Crippen LogP contribution in [0.2, 0.25) is 0 Å². The smallest absolute Gasteiger partial charge is 0.237 e. The molecule has 7 nitrogen and oxygen atoms in total. The van der Waals surface area contributed by atoms with Gasteiger partial charge in [0, 0.05) is 55.9 Å². The maximum Gasteiger partial charge on any atom is 0.237 e. The number of aromatic nitrogens is 2. The second-order valence-electron chi connectivity index (χ2n) is 10.3. The number of fused-ring (bicyclic) bond motifs is 5. The lowest BCUT2D eigenvalue weighted by atomic mass is 9.64. The number of amides is 1. The number of likely N-dealkylation sites (N-methyl/N-ethyl adjacent to an activating group) is 1. The number of benzene rings is 1. The topological polar surface area (TPSA) is 87.4 Å². The van der Waals surface area contributed by atoms with Crippen molar-refractivity contribution in [2.75, 3.05) is 48.8 Å². The van der Waals surface area contributed by atoms with Crippen LogP contribution in [0.15, 0.2) is 36.7 Å². The predicted octanol–water partition coefficient (Wildman–Crippen LogP) is 2.93. The molecule has 4 aliphatic rings. The van der Waals surface area contributed by atoms with Crippen LogP contribution in [-0.2, 0) is 10.2 Å². The van der Waals surface area contributed by atoms with Gasteiger partial charge in [0.15, 0.2) is 5.82 Å². The third kappa shape index (κ3) is 2.57. The van der Waals surface area contributed by atoms with Crippen LogP contribution in [0.4, 0.5) is 17.2 Å². The summed E-state index contributed by atoms with van der Waals surface area (Å²) in [4.78, 5) is 26.7. The van der Waals surface area contributed by atoms with Gasteiger partial charge in [-0.25, -0.2) is 4.98 Å². The molecule has 7 rings (SSSR count). The highest BCUT2D eigenvalue weighted by Gasteiger charge is 2.54. The number of nitrogens with one attached hydrogen (secondary N) is 1. The highest BCUT2D eigenvalue weighted by atomic mass is 16.2. The van der Waals surface area contributed by atoms with Crippen molar-refractivity contribution in [2.24, 2.45) is 11.8 Å². The Kier molecular flexibility index (Phi) is 3.90. The molecule has 3 N–H and O–H groups in total. The number of rotatable bonds is 2. The van der Waals surface area contributed by atoms with Gasteiger partial charge in [-0.3, -0.25) is 9.78 Å². The van der Waals surface area contributed by atoms with E-state index in [0.29, 0.717) is 11.8 Å². The molecule has 5 heterocycles. The van der Waals surface area contributed by atoms with Gasteiger partial charge in [-0.05, 0) is 48.4 Å². The molecule has 33 heavy (non-hydrogen) atoms. The number of nitrogens with zero attached hydrogens (tertiary/aromatic N) is 4. The number of nitrogens with two attached hydrogens (primary N) is 1. The number of carbonyl (C=O) groups is 1. The van der Waals surface area contributed by atoms with Crippen LogP contribution >= 0.6 is 0 Å². The van der Waals surface area contributed by atoms with Crippen molar-refractivity contribution in [3.63, 3.8) is 0 Å². The van der Waals surface area contributed by atoms with Crippen molar-refractivity contribution in [3.05, 3.63) is 42.2 Å². The molecular weight excluding hydrogens is 412 g/mol. The molecule has 2 atom stereocenters. The first-order valence-electron chi connectivity index (χ1n) is 12.0. The molecule has 3 fully saturated rings. The monoisotopic (exact) mass is 440 g/mol. The lowest BCUT2D eigenvalue weighted by Gasteiger charge is -2.37. The highest BCUT2D eigenvalue weighted by molar-refractivity contribution is 6.13. The van der Waals surface area contributed by atoms with Gasteiger partial charge in [-0.1, -0.05) is 12.5 Å². The summed E-state index contributed by atoms with van der Waals surface area (Å²) in [6.45, 7) is 4.22. The van der Waals surface area contributed by atoms with Gasteiger partial charge < -0.3 is 20.9 Å². The molecule has 2 aromatic heterocycles. The van der Waals surface area contributed by atoms with E-state index in [1.807, 2.05) is 25.5 Å². The van der Waals surface area contributed by atoms with Crippen molar-refractivity contribution in [1.29, 1.82) is 0 Å². The normalized spacial score (nSPS) is 25.1. The first kappa shape index (κ1) is 19.3. The molecule has 1 aliphatic carbocycles. The van der Waals surface area contributed by atoms with E-state index in [2.05, 4.69) is 33.4 Å². The molecule has 3 aromatic rings. The van der Waals surface area contributed by atoms with Crippen molar-refractivity contribution in [2.45, 2.75) is 24.7 Å². The molecule has 2 saturated heterocycles. The van der Waals surface area contributed by atoms with E-state index in [4.69, 9.17) is 10.7 Å². The Bertz CT molecular complexity index is 1300. The average Bonchev–Trinajstić information content (AvgIpc) is 3.45. The molecule has 1 spiro atoms. The number of hydrogen-bond donors (Lipinski definition) is 2. The van der Waals surface area contributed by atoms with Crippen molar-refractivity contribution in [1.82, 2.24) is 15.3 Å². The molecule has 2 unspecified atom stereocenters. The summed E-state index contributed by atoms with van der Waals surface area (Å²) in [5.74, 6) is 2.50. The predicted molar refractivity (Wildman–Crippen MR) is 130 cm³/mol. The standard InChI is InChI=1S/C26H28N6O/c1-31-22-12-29-21-4-3-15(7-19(21)23(22)26(25(31)33)5-2-6-26)16-8-20(27)24(30-11-16)32-13-17-9-28-10-18(17)14-32/h3-4,7-8,11-12,17-18,28H,2,5-6,9-10,13-14,27H2,1H3. The summed E-state index contributed by atoms with van der Waals surface area (Å²) in [5.41, 5.74) is 12.0. The summed E-state index contributed by atoms with van der Waals surface area (Å²) in [6, 6.07) is 8.36. The lowest BCUT2D eigenvalue weighted by Crippen LogP contribution is -2.43. The fourth-order valence-electron chi connectivity index (χ4n) is 6.58. The van der Waals surface area contributed by atoms with E-state index >= 15 is 0 Å². The van der Waals surface area contributed by atoms with E-state index < -0.39 is 0 Å². The quantitative estimate of drug-likeness (QED) is 0.637. The number of hydrogen-bond acceptors (Lipinski definition) is 6. The molecule has 168 valence electrons. The van der Waals surface area contributed by atoms with Gasteiger partial charge in [0.05, 0.1) is 28.5 Å². The van der Waals surface area contributed by atoms with Crippen LogP contribution in [0.1, 0.15) is 24.8 Å². The van der Waals surface area contributed by atoms with Crippen LogP contribution < -0.4 is 20.9 Å². The second kappa shape index (κ2) is 6.67. The fourth-order valence-corrected chi connectivity index (χ4v) is 6.58. The number of carbonyl (C=O) groups excluding carboxylic acids is 1. The van der Waals surface area contributed by atoms with Crippen molar-refractivity contribution >= 4 is 34.0 Å². The van der Waals surface area contributed by atoms with E-state index in [9.17, 15) is 4.79 Å². The minimum atomic E-state index is -0.367. The van der Waals surface area contributed by atoms with Gasteiger partial charge in [-0.2, -0.15) is 0 Å². The lowest BCUT2D eigenvalue weighted by molar-refractivity contribution is -0.125. The molecular formula is C26H28N6O. The first-order chi connectivity index (χ1) is 16.0. The van der Waals surface area contributed by atoms with Crippen molar-refractivity contribution < 1.29 is 4.79 Å². The number of pyridine rings is 2. The molecule has 1 aromatic carbocycles. The third-order valence-corrected chi connectivity index (χ3v) is 8.53. The van der Waals surface area contributed by atoms with Gasteiger partial charge >= 0.3 is 0 Å². The maximum atomic E-state index is 13.1. The minimum Gasteiger partial charge on any atom is -0.396 e. The Morgan fingerprint density at radius 3 is 2.55 bits per heavy atom. The number of anilines is 3. The summed E-state index contributed by atoms with van der Waals surface area (Å²) < 4.78 is 0. The SMILES string of the molecule is CN1C(=O)C2(CCC2)c2c1cnc1ccc(-c3cnc(N4CC5CNCC5C4)c(N)c3)cc21. The first-order valence-corrected chi connectivity index (χ1v) is 12.0. The fraction of sp³-hybridized carbons (Fsp3) is 0.423. The maximum absolute atomic E-state index is 13.1. The van der Waals surface area contributed by atoms with Crippen LogP contribution in [0.5, 0.6) is 0 Å². The zero-order valence-electron chi connectivity index (χ0n) is 18.8. The van der Waals surface area contributed by atoms with Crippen LogP contribution in [0, 0.1) is 11.8 Å². The second-order valence-corrected chi connectivity index (χ2v) is 10.3. The van der Waals surface area contributed by atoms with Crippen molar-refractivity contribution in [3.8, 4) is 11.1 Å².